The molecular weight excluding hydrogens is 202 g/mol. The molecule has 0 spiro atoms. The van der Waals surface area contributed by atoms with E-state index in [2.05, 4.69) is 6.92 Å². The Morgan fingerprint density at radius 3 is 2.31 bits per heavy atom. The van der Waals surface area contributed by atoms with Gasteiger partial charge in [0.2, 0.25) is 5.91 Å². The third kappa shape index (κ3) is 2.97. The second kappa shape index (κ2) is 5.67. The summed E-state index contributed by atoms with van der Waals surface area (Å²) < 4.78 is 0. The van der Waals surface area contributed by atoms with E-state index in [-0.39, 0.29) is 24.0 Å². The molecule has 94 valence electrons. The van der Waals surface area contributed by atoms with E-state index in [1.165, 1.54) is 6.42 Å². The standard InChI is InChI=1S/C13H25NO2/c1-11(2)14(9-10-15)12(16)13(3)7-5-4-6-8-13/h11,15H,4-10H2,1-3H3. The number of rotatable bonds is 4. The molecule has 0 heterocycles. The molecule has 0 atom stereocenters. The fraction of sp³-hybridized carbons (Fsp3) is 0.923. The summed E-state index contributed by atoms with van der Waals surface area (Å²) >= 11 is 0. The van der Waals surface area contributed by atoms with Gasteiger partial charge in [0.15, 0.2) is 0 Å². The van der Waals surface area contributed by atoms with E-state index >= 15 is 0 Å². The van der Waals surface area contributed by atoms with E-state index in [0.717, 1.165) is 25.7 Å². The molecule has 1 saturated carbocycles. The Morgan fingerprint density at radius 1 is 1.31 bits per heavy atom. The van der Waals surface area contributed by atoms with E-state index in [1.807, 2.05) is 18.7 Å². The van der Waals surface area contributed by atoms with Crippen molar-refractivity contribution in [2.75, 3.05) is 13.2 Å². The van der Waals surface area contributed by atoms with Crippen molar-refractivity contribution in [3.8, 4) is 0 Å². The number of nitrogens with zero attached hydrogens (tertiary/aromatic N) is 1. The molecule has 16 heavy (non-hydrogen) atoms. The minimum atomic E-state index is -0.183. The van der Waals surface area contributed by atoms with Gasteiger partial charge in [-0.25, -0.2) is 0 Å². The first-order valence-corrected chi connectivity index (χ1v) is 6.43. The highest BCUT2D eigenvalue weighted by atomic mass is 16.3. The quantitative estimate of drug-likeness (QED) is 0.799. The van der Waals surface area contributed by atoms with Gasteiger partial charge >= 0.3 is 0 Å². The minimum absolute atomic E-state index is 0.0556. The van der Waals surface area contributed by atoms with Gasteiger partial charge in [0.05, 0.1) is 6.61 Å². The molecule has 3 heteroatoms. The molecule has 0 aliphatic heterocycles. The highest BCUT2D eigenvalue weighted by Gasteiger charge is 2.38. The SMILES string of the molecule is CC(C)N(CCO)C(=O)C1(C)CCCCC1. The molecule has 0 aromatic heterocycles. The van der Waals surface area contributed by atoms with Crippen molar-refractivity contribution in [1.82, 2.24) is 4.90 Å². The van der Waals surface area contributed by atoms with Crippen LogP contribution in [-0.4, -0.2) is 35.1 Å². The molecule has 1 aliphatic rings. The van der Waals surface area contributed by atoms with Crippen molar-refractivity contribution >= 4 is 5.91 Å². The average molecular weight is 227 g/mol. The maximum atomic E-state index is 12.5. The fourth-order valence-corrected chi connectivity index (χ4v) is 2.59. The molecule has 0 unspecified atom stereocenters. The second-order valence-corrected chi connectivity index (χ2v) is 5.44. The first kappa shape index (κ1) is 13.5. The molecule has 1 N–H and O–H groups in total. The Bertz CT molecular complexity index is 232. The van der Waals surface area contributed by atoms with Gasteiger partial charge in [-0.15, -0.1) is 0 Å². The number of hydrogen-bond acceptors (Lipinski definition) is 2. The van der Waals surface area contributed by atoms with E-state index in [1.54, 1.807) is 0 Å². The molecule has 0 bridgehead atoms. The predicted molar refractivity (Wildman–Crippen MR) is 65.1 cm³/mol. The second-order valence-electron chi connectivity index (χ2n) is 5.44. The zero-order valence-electron chi connectivity index (χ0n) is 10.8. The van der Waals surface area contributed by atoms with Crippen molar-refractivity contribution in [2.24, 2.45) is 5.41 Å². The first-order chi connectivity index (χ1) is 7.51. The van der Waals surface area contributed by atoms with Crippen LogP contribution in [0.3, 0.4) is 0 Å². The topological polar surface area (TPSA) is 40.5 Å². The largest absolute Gasteiger partial charge is 0.395 e. The van der Waals surface area contributed by atoms with Gasteiger partial charge in [0.25, 0.3) is 0 Å². The van der Waals surface area contributed by atoms with E-state index in [9.17, 15) is 4.79 Å². The molecule has 1 rings (SSSR count). The molecule has 1 amide bonds. The Labute approximate surface area is 98.8 Å². The van der Waals surface area contributed by atoms with Gasteiger partial charge in [0, 0.05) is 18.0 Å². The van der Waals surface area contributed by atoms with Crippen LogP contribution in [0.25, 0.3) is 0 Å². The van der Waals surface area contributed by atoms with Crippen molar-refractivity contribution in [2.45, 2.75) is 58.9 Å². The third-order valence-corrected chi connectivity index (χ3v) is 3.70. The summed E-state index contributed by atoms with van der Waals surface area (Å²) in [6, 6.07) is 0.179. The maximum Gasteiger partial charge on any atom is 0.228 e. The van der Waals surface area contributed by atoms with Crippen LogP contribution >= 0.6 is 0 Å². The van der Waals surface area contributed by atoms with Crippen LogP contribution in [0, 0.1) is 5.41 Å². The Kier molecular flexibility index (Phi) is 4.78. The number of hydrogen-bond donors (Lipinski definition) is 1. The lowest BCUT2D eigenvalue weighted by Gasteiger charge is -2.38. The van der Waals surface area contributed by atoms with Gasteiger partial charge < -0.3 is 10.0 Å². The monoisotopic (exact) mass is 227 g/mol. The maximum absolute atomic E-state index is 12.5. The Morgan fingerprint density at radius 2 is 1.88 bits per heavy atom. The van der Waals surface area contributed by atoms with E-state index in [0.29, 0.717) is 6.54 Å². The van der Waals surface area contributed by atoms with Crippen LogP contribution in [0.5, 0.6) is 0 Å². The summed E-state index contributed by atoms with van der Waals surface area (Å²) in [6.45, 7) is 6.63. The Hall–Kier alpha value is -0.570. The summed E-state index contributed by atoms with van der Waals surface area (Å²) in [7, 11) is 0. The summed E-state index contributed by atoms with van der Waals surface area (Å²) in [5, 5.41) is 9.02. The van der Waals surface area contributed by atoms with Crippen LogP contribution in [0.15, 0.2) is 0 Å². The van der Waals surface area contributed by atoms with E-state index in [4.69, 9.17) is 5.11 Å². The first-order valence-electron chi connectivity index (χ1n) is 6.43. The van der Waals surface area contributed by atoms with Gasteiger partial charge in [-0.2, -0.15) is 0 Å². The van der Waals surface area contributed by atoms with Crippen LogP contribution in [0.2, 0.25) is 0 Å². The summed E-state index contributed by atoms with van der Waals surface area (Å²) in [5.74, 6) is 0.233. The van der Waals surface area contributed by atoms with Gasteiger partial charge in [-0.1, -0.05) is 26.2 Å². The molecule has 1 aliphatic carbocycles. The zero-order valence-corrected chi connectivity index (χ0v) is 10.8. The number of aliphatic hydroxyl groups excluding tert-OH is 1. The normalized spacial score (nSPS) is 19.8. The average Bonchev–Trinajstić information content (AvgIpc) is 2.25. The van der Waals surface area contributed by atoms with Crippen LogP contribution in [0.1, 0.15) is 52.9 Å². The van der Waals surface area contributed by atoms with Crippen LogP contribution < -0.4 is 0 Å². The van der Waals surface area contributed by atoms with Crippen LogP contribution in [-0.2, 0) is 4.79 Å². The Balaban J connectivity index is 2.72. The number of carbonyl (C=O) groups is 1. The van der Waals surface area contributed by atoms with Crippen LogP contribution in [0.4, 0.5) is 0 Å². The molecule has 0 aromatic carbocycles. The molecule has 0 saturated heterocycles. The lowest BCUT2D eigenvalue weighted by molar-refractivity contribution is -0.145. The van der Waals surface area contributed by atoms with Crippen molar-refractivity contribution < 1.29 is 9.90 Å². The summed E-state index contributed by atoms with van der Waals surface area (Å²) in [4.78, 5) is 14.3. The van der Waals surface area contributed by atoms with Gasteiger partial charge in [-0.3, -0.25) is 4.79 Å². The van der Waals surface area contributed by atoms with Gasteiger partial charge in [-0.05, 0) is 26.7 Å². The van der Waals surface area contributed by atoms with Crippen molar-refractivity contribution in [3.63, 3.8) is 0 Å². The van der Waals surface area contributed by atoms with E-state index < -0.39 is 0 Å². The fourth-order valence-electron chi connectivity index (χ4n) is 2.59. The lowest BCUT2D eigenvalue weighted by atomic mass is 9.74. The highest BCUT2D eigenvalue weighted by molar-refractivity contribution is 5.82. The van der Waals surface area contributed by atoms with Gasteiger partial charge in [0.1, 0.15) is 0 Å². The molecular formula is C13H25NO2. The zero-order chi connectivity index (χ0) is 12.2. The molecule has 0 aromatic rings. The molecule has 0 radical (unpaired) electrons. The third-order valence-electron chi connectivity index (χ3n) is 3.70. The summed E-state index contributed by atoms with van der Waals surface area (Å²) in [6.07, 6.45) is 5.58. The van der Waals surface area contributed by atoms with Crippen molar-refractivity contribution in [1.29, 1.82) is 0 Å². The lowest BCUT2D eigenvalue weighted by Crippen LogP contribution is -2.47. The predicted octanol–water partition coefficient (Wildman–Crippen LogP) is 2.19. The highest BCUT2D eigenvalue weighted by Crippen LogP contribution is 2.37. The summed E-state index contributed by atoms with van der Waals surface area (Å²) in [5.41, 5.74) is -0.183. The molecule has 3 nitrogen and oxygen atoms in total. The molecule has 1 fully saturated rings. The van der Waals surface area contributed by atoms with Crippen molar-refractivity contribution in [3.05, 3.63) is 0 Å². The number of aliphatic hydroxyl groups is 1. The smallest absolute Gasteiger partial charge is 0.228 e. The number of carbonyl (C=O) groups excluding carboxylic acids is 1. The minimum Gasteiger partial charge on any atom is -0.395 e. The number of amides is 1.